The molecule has 2 unspecified atom stereocenters. The number of urea groups is 1. The van der Waals surface area contributed by atoms with Crippen LogP contribution in [0.3, 0.4) is 0 Å². The number of furan rings is 1. The first-order valence-corrected chi connectivity index (χ1v) is 11.6. The molecular weight excluding hydrogens is 460 g/mol. The van der Waals surface area contributed by atoms with Crippen molar-refractivity contribution in [1.29, 1.82) is 0 Å². The van der Waals surface area contributed by atoms with Crippen LogP contribution in [0.15, 0.2) is 76.4 Å². The summed E-state index contributed by atoms with van der Waals surface area (Å²) in [7, 11) is 1.55. The third kappa shape index (κ3) is 4.02. The Labute approximate surface area is 208 Å². The van der Waals surface area contributed by atoms with Crippen molar-refractivity contribution in [2.75, 3.05) is 13.7 Å². The van der Waals surface area contributed by atoms with Crippen molar-refractivity contribution in [2.24, 2.45) is 5.10 Å². The zero-order valence-corrected chi connectivity index (χ0v) is 20.2. The van der Waals surface area contributed by atoms with Gasteiger partial charge in [-0.3, -0.25) is 14.5 Å². The van der Waals surface area contributed by atoms with Crippen LogP contribution >= 0.6 is 0 Å². The molecule has 1 fully saturated rings. The molecule has 1 N–H and O–H groups in total. The summed E-state index contributed by atoms with van der Waals surface area (Å²) in [5.74, 6) is 0.212. The minimum Gasteiger partial charge on any atom is -0.497 e. The number of benzene rings is 2. The highest BCUT2D eigenvalue weighted by Crippen LogP contribution is 2.34. The normalized spacial score (nSPS) is 21.5. The first kappa shape index (κ1) is 23.3. The zero-order valence-electron chi connectivity index (χ0n) is 20.2. The average Bonchev–Trinajstić information content (AvgIpc) is 3.61. The maximum absolute atomic E-state index is 13.4. The second-order valence-corrected chi connectivity index (χ2v) is 9.06. The maximum atomic E-state index is 13.4. The molecule has 0 spiro atoms. The summed E-state index contributed by atoms with van der Waals surface area (Å²) in [6, 6.07) is 17.2. The van der Waals surface area contributed by atoms with E-state index in [9.17, 15) is 14.4 Å². The van der Waals surface area contributed by atoms with Crippen molar-refractivity contribution in [3.63, 3.8) is 0 Å². The predicted molar refractivity (Wildman–Crippen MR) is 131 cm³/mol. The molecule has 2 atom stereocenters. The number of imide groups is 1. The summed E-state index contributed by atoms with van der Waals surface area (Å²) in [5, 5.41) is 8.64. The molecule has 0 bridgehead atoms. The second-order valence-electron chi connectivity index (χ2n) is 9.06. The van der Waals surface area contributed by atoms with Crippen LogP contribution in [-0.2, 0) is 15.1 Å². The summed E-state index contributed by atoms with van der Waals surface area (Å²) >= 11 is 0. The molecule has 0 radical (unpaired) electrons. The lowest BCUT2D eigenvalue weighted by Crippen LogP contribution is -2.43. The molecule has 1 aromatic heterocycles. The van der Waals surface area contributed by atoms with Gasteiger partial charge in [0.1, 0.15) is 29.6 Å². The Kier molecular flexibility index (Phi) is 5.83. The van der Waals surface area contributed by atoms with E-state index in [2.05, 4.69) is 10.4 Å². The Bertz CT molecular complexity index is 1330. The molecule has 1 saturated heterocycles. The molecule has 9 nitrogen and oxygen atoms in total. The van der Waals surface area contributed by atoms with Gasteiger partial charge >= 0.3 is 6.03 Å². The van der Waals surface area contributed by atoms with Crippen molar-refractivity contribution in [1.82, 2.24) is 15.2 Å². The summed E-state index contributed by atoms with van der Waals surface area (Å²) in [6.45, 7) is 3.17. The molecule has 9 heteroatoms. The molecule has 3 heterocycles. The summed E-state index contributed by atoms with van der Waals surface area (Å²) < 4.78 is 10.8. The summed E-state index contributed by atoms with van der Waals surface area (Å²) in [6.07, 6.45) is 1.99. The maximum Gasteiger partial charge on any atom is 0.325 e. The Morgan fingerprint density at radius 2 is 1.86 bits per heavy atom. The summed E-state index contributed by atoms with van der Waals surface area (Å²) in [4.78, 5) is 40.6. The standard InChI is InChI=1S/C27H26N4O5/c1-17-6-8-18(9-7-17)21-15-22(23-5-4-14-36-23)31(29-21)24(32)16-30-25(33)27(2,28-26(30)34)19-10-12-20(35-3)13-11-19/h4-14,22H,15-16H2,1-3H3,(H,28,34). The largest absolute Gasteiger partial charge is 0.497 e. The van der Waals surface area contributed by atoms with E-state index in [-0.39, 0.29) is 0 Å². The number of nitrogens with zero attached hydrogens (tertiary/aromatic N) is 3. The number of aryl methyl sites for hydroxylation is 1. The van der Waals surface area contributed by atoms with Gasteiger partial charge in [0.2, 0.25) is 0 Å². The van der Waals surface area contributed by atoms with E-state index in [4.69, 9.17) is 9.15 Å². The average molecular weight is 487 g/mol. The van der Waals surface area contributed by atoms with Crippen LogP contribution in [-0.4, -0.2) is 47.1 Å². The number of amides is 4. The third-order valence-corrected chi connectivity index (χ3v) is 6.66. The van der Waals surface area contributed by atoms with E-state index in [1.165, 1.54) is 5.01 Å². The molecule has 184 valence electrons. The van der Waals surface area contributed by atoms with Crippen molar-refractivity contribution < 1.29 is 23.5 Å². The van der Waals surface area contributed by atoms with Crippen molar-refractivity contribution in [3.8, 4) is 5.75 Å². The molecule has 36 heavy (non-hydrogen) atoms. The third-order valence-electron chi connectivity index (χ3n) is 6.66. The van der Waals surface area contributed by atoms with E-state index in [1.807, 2.05) is 31.2 Å². The van der Waals surface area contributed by atoms with Crippen LogP contribution < -0.4 is 10.1 Å². The number of ether oxygens (including phenoxy) is 1. The van der Waals surface area contributed by atoms with Gasteiger partial charge in [-0.25, -0.2) is 9.80 Å². The zero-order chi connectivity index (χ0) is 25.4. The van der Waals surface area contributed by atoms with E-state index >= 15 is 0 Å². The Balaban J connectivity index is 1.39. The minimum absolute atomic E-state index is 0.446. The van der Waals surface area contributed by atoms with Crippen LogP contribution in [0.4, 0.5) is 4.79 Å². The van der Waals surface area contributed by atoms with Gasteiger partial charge in [0.05, 0.1) is 19.1 Å². The van der Waals surface area contributed by atoms with Gasteiger partial charge in [0.25, 0.3) is 11.8 Å². The number of carbonyl (C=O) groups excluding carboxylic acids is 3. The lowest BCUT2D eigenvalue weighted by molar-refractivity contribution is -0.140. The number of methoxy groups -OCH3 is 1. The Morgan fingerprint density at radius 1 is 1.14 bits per heavy atom. The predicted octanol–water partition coefficient (Wildman–Crippen LogP) is 3.74. The van der Waals surface area contributed by atoms with E-state index in [1.54, 1.807) is 56.7 Å². The SMILES string of the molecule is COc1ccc(C2(C)NC(=O)N(CC(=O)N3N=C(c4ccc(C)cc4)CC3c3ccco3)C2=O)cc1. The van der Waals surface area contributed by atoms with Crippen LogP contribution in [0.5, 0.6) is 5.75 Å². The fraction of sp³-hybridized carbons (Fsp3) is 0.259. The highest BCUT2D eigenvalue weighted by atomic mass is 16.5. The van der Waals surface area contributed by atoms with Crippen molar-refractivity contribution in [2.45, 2.75) is 31.8 Å². The monoisotopic (exact) mass is 486 g/mol. The van der Waals surface area contributed by atoms with Crippen molar-refractivity contribution >= 4 is 23.6 Å². The highest BCUT2D eigenvalue weighted by Gasteiger charge is 2.50. The topological polar surface area (TPSA) is 104 Å². The van der Waals surface area contributed by atoms with Gasteiger partial charge in [-0.15, -0.1) is 0 Å². The Morgan fingerprint density at radius 3 is 2.50 bits per heavy atom. The number of rotatable bonds is 6. The number of hydrogen-bond donors (Lipinski definition) is 1. The van der Waals surface area contributed by atoms with Gasteiger partial charge in [-0.05, 0) is 49.2 Å². The number of hydrogen-bond acceptors (Lipinski definition) is 6. The molecule has 3 aromatic rings. The van der Waals surface area contributed by atoms with E-state index in [0.29, 0.717) is 23.5 Å². The first-order valence-electron chi connectivity index (χ1n) is 11.6. The number of nitrogens with one attached hydrogen (secondary N) is 1. The molecule has 2 aliphatic rings. The quantitative estimate of drug-likeness (QED) is 0.535. The highest BCUT2D eigenvalue weighted by molar-refractivity contribution is 6.09. The molecule has 2 aliphatic heterocycles. The fourth-order valence-electron chi connectivity index (χ4n) is 4.53. The van der Waals surface area contributed by atoms with Gasteiger partial charge in [0.15, 0.2) is 0 Å². The molecule has 5 rings (SSSR count). The second kappa shape index (κ2) is 8.99. The summed E-state index contributed by atoms with van der Waals surface area (Å²) in [5.41, 5.74) is 2.03. The number of hydrazone groups is 1. The lowest BCUT2D eigenvalue weighted by atomic mass is 9.92. The van der Waals surface area contributed by atoms with Gasteiger partial charge in [-0.1, -0.05) is 42.0 Å². The van der Waals surface area contributed by atoms with Gasteiger partial charge in [-0.2, -0.15) is 5.10 Å². The van der Waals surface area contributed by atoms with Gasteiger partial charge in [0, 0.05) is 6.42 Å². The van der Waals surface area contributed by atoms with Gasteiger partial charge < -0.3 is 14.5 Å². The molecule has 2 aromatic carbocycles. The first-order chi connectivity index (χ1) is 17.3. The molecule has 0 aliphatic carbocycles. The molecule has 0 saturated carbocycles. The van der Waals surface area contributed by atoms with Crippen LogP contribution in [0.25, 0.3) is 0 Å². The van der Waals surface area contributed by atoms with E-state index < -0.39 is 36.0 Å². The van der Waals surface area contributed by atoms with E-state index in [0.717, 1.165) is 21.7 Å². The Hall–Kier alpha value is -4.40. The minimum atomic E-state index is -1.30. The van der Waals surface area contributed by atoms with Crippen molar-refractivity contribution in [3.05, 3.63) is 89.4 Å². The smallest absolute Gasteiger partial charge is 0.325 e. The molecular formula is C27H26N4O5. The molecule has 4 amide bonds. The van der Waals surface area contributed by atoms with Crippen LogP contribution in [0.1, 0.15) is 41.8 Å². The lowest BCUT2D eigenvalue weighted by Gasteiger charge is -2.24. The van der Waals surface area contributed by atoms with Crippen LogP contribution in [0.2, 0.25) is 0 Å². The van der Waals surface area contributed by atoms with Crippen LogP contribution in [0, 0.1) is 6.92 Å². The number of carbonyl (C=O) groups is 3. The fourth-order valence-corrected chi connectivity index (χ4v) is 4.53.